The van der Waals surface area contributed by atoms with Crippen LogP contribution < -0.4 is 10.2 Å². The number of carbonyl (C=O) groups is 1. The Balaban J connectivity index is 1.89. The standard InChI is InChI=1S/C17H15BrClFN2O2/c1-2-11-6-7-16(13(18)8-11)24-10-17(23)22-21-9-12-14(19)4-3-5-15(12)20/h3-9H,2,10H2,1H3,(H,22,23)/b21-9+. The molecule has 4 nitrogen and oxygen atoms in total. The van der Waals surface area contributed by atoms with E-state index < -0.39 is 11.7 Å². The molecule has 2 rings (SSSR count). The van der Waals surface area contributed by atoms with Gasteiger partial charge in [-0.1, -0.05) is 30.7 Å². The van der Waals surface area contributed by atoms with Gasteiger partial charge >= 0.3 is 0 Å². The van der Waals surface area contributed by atoms with Crippen LogP contribution in [0, 0.1) is 5.82 Å². The Morgan fingerprint density at radius 3 is 2.88 bits per heavy atom. The van der Waals surface area contributed by atoms with Crippen molar-refractivity contribution in [3.8, 4) is 5.75 Å². The summed E-state index contributed by atoms with van der Waals surface area (Å²) in [7, 11) is 0. The van der Waals surface area contributed by atoms with Crippen molar-refractivity contribution in [1.82, 2.24) is 5.43 Å². The third kappa shape index (κ3) is 5.04. The van der Waals surface area contributed by atoms with Gasteiger partial charge in [0.15, 0.2) is 6.61 Å². The van der Waals surface area contributed by atoms with E-state index in [1.807, 2.05) is 12.1 Å². The molecule has 24 heavy (non-hydrogen) atoms. The molecule has 0 aliphatic rings. The fraction of sp³-hybridized carbons (Fsp3) is 0.176. The van der Waals surface area contributed by atoms with E-state index in [1.54, 1.807) is 6.07 Å². The highest BCUT2D eigenvalue weighted by Crippen LogP contribution is 2.26. The van der Waals surface area contributed by atoms with Crippen LogP contribution in [0.2, 0.25) is 5.02 Å². The lowest BCUT2D eigenvalue weighted by Gasteiger charge is -2.08. The first-order valence-corrected chi connectivity index (χ1v) is 8.35. The van der Waals surface area contributed by atoms with Gasteiger partial charge in [-0.25, -0.2) is 9.82 Å². The fourth-order valence-electron chi connectivity index (χ4n) is 1.86. The Bertz CT molecular complexity index is 748. The van der Waals surface area contributed by atoms with Gasteiger partial charge in [0, 0.05) is 5.56 Å². The minimum atomic E-state index is -0.517. The van der Waals surface area contributed by atoms with Crippen LogP contribution in [-0.2, 0) is 11.2 Å². The summed E-state index contributed by atoms with van der Waals surface area (Å²) >= 11 is 9.25. The number of nitrogens with one attached hydrogen (secondary N) is 1. The number of amides is 1. The molecule has 1 N–H and O–H groups in total. The largest absolute Gasteiger partial charge is 0.483 e. The average Bonchev–Trinajstić information content (AvgIpc) is 2.56. The first-order valence-electron chi connectivity index (χ1n) is 7.18. The van der Waals surface area contributed by atoms with Crippen molar-refractivity contribution in [1.29, 1.82) is 0 Å². The molecule has 0 saturated heterocycles. The molecule has 0 heterocycles. The number of rotatable bonds is 6. The Morgan fingerprint density at radius 1 is 1.42 bits per heavy atom. The number of hydrazone groups is 1. The van der Waals surface area contributed by atoms with Crippen LogP contribution in [0.15, 0.2) is 46.0 Å². The zero-order valence-corrected chi connectivity index (χ0v) is 15.2. The Kier molecular flexibility index (Phi) is 6.75. The van der Waals surface area contributed by atoms with Crippen molar-refractivity contribution in [2.45, 2.75) is 13.3 Å². The van der Waals surface area contributed by atoms with Gasteiger partial charge in [0.05, 0.1) is 15.7 Å². The normalized spacial score (nSPS) is 10.8. The van der Waals surface area contributed by atoms with Crippen LogP contribution in [0.4, 0.5) is 4.39 Å². The second-order valence-electron chi connectivity index (χ2n) is 4.84. The second-order valence-corrected chi connectivity index (χ2v) is 6.10. The topological polar surface area (TPSA) is 50.7 Å². The van der Waals surface area contributed by atoms with Gasteiger partial charge in [-0.15, -0.1) is 0 Å². The molecule has 0 aliphatic carbocycles. The van der Waals surface area contributed by atoms with Gasteiger partial charge in [0.1, 0.15) is 11.6 Å². The highest BCUT2D eigenvalue weighted by atomic mass is 79.9. The number of halogens is 3. The summed E-state index contributed by atoms with van der Waals surface area (Å²) in [5.74, 6) is -0.426. The Hall–Kier alpha value is -1.92. The minimum Gasteiger partial charge on any atom is -0.483 e. The number of benzene rings is 2. The molecule has 0 atom stereocenters. The summed E-state index contributed by atoms with van der Waals surface area (Å²) in [5, 5.41) is 3.90. The van der Waals surface area contributed by atoms with Crippen LogP contribution in [0.1, 0.15) is 18.1 Å². The zero-order chi connectivity index (χ0) is 17.5. The van der Waals surface area contributed by atoms with Gasteiger partial charge in [0.2, 0.25) is 0 Å². The van der Waals surface area contributed by atoms with Crippen LogP contribution in [0.3, 0.4) is 0 Å². The average molecular weight is 414 g/mol. The van der Waals surface area contributed by atoms with E-state index in [0.29, 0.717) is 5.75 Å². The molecule has 0 saturated carbocycles. The van der Waals surface area contributed by atoms with Crippen molar-refractivity contribution >= 4 is 39.7 Å². The maximum absolute atomic E-state index is 13.5. The Morgan fingerprint density at radius 2 is 2.21 bits per heavy atom. The summed E-state index contributed by atoms with van der Waals surface area (Å²) in [6, 6.07) is 9.94. The molecule has 0 aromatic heterocycles. The van der Waals surface area contributed by atoms with Crippen molar-refractivity contribution in [2.75, 3.05) is 6.61 Å². The number of nitrogens with zero attached hydrogens (tertiary/aromatic N) is 1. The molecule has 0 spiro atoms. The monoisotopic (exact) mass is 412 g/mol. The van der Waals surface area contributed by atoms with Crippen molar-refractivity contribution in [3.05, 3.63) is 62.8 Å². The summed E-state index contributed by atoms with van der Waals surface area (Å²) in [4.78, 5) is 11.7. The molecular weight excluding hydrogens is 399 g/mol. The van der Waals surface area contributed by atoms with E-state index in [0.717, 1.165) is 22.7 Å². The lowest BCUT2D eigenvalue weighted by Crippen LogP contribution is -2.24. The zero-order valence-electron chi connectivity index (χ0n) is 12.9. The highest BCUT2D eigenvalue weighted by Gasteiger charge is 2.07. The summed E-state index contributed by atoms with van der Waals surface area (Å²) in [6.45, 7) is 1.84. The van der Waals surface area contributed by atoms with E-state index in [-0.39, 0.29) is 17.2 Å². The van der Waals surface area contributed by atoms with Gasteiger partial charge < -0.3 is 4.74 Å². The smallest absolute Gasteiger partial charge is 0.277 e. The van der Waals surface area contributed by atoms with Crippen molar-refractivity contribution in [3.63, 3.8) is 0 Å². The van der Waals surface area contributed by atoms with Gasteiger partial charge in [-0.3, -0.25) is 4.79 Å². The second kappa shape index (κ2) is 8.80. The lowest BCUT2D eigenvalue weighted by atomic mass is 10.2. The summed E-state index contributed by atoms with van der Waals surface area (Å²) < 4.78 is 19.7. The molecule has 0 radical (unpaired) electrons. The maximum atomic E-state index is 13.5. The molecule has 0 aliphatic heterocycles. The highest BCUT2D eigenvalue weighted by molar-refractivity contribution is 9.10. The van der Waals surface area contributed by atoms with Gasteiger partial charge in [-0.2, -0.15) is 5.10 Å². The Labute approximate surface area is 152 Å². The fourth-order valence-corrected chi connectivity index (χ4v) is 2.61. The summed E-state index contributed by atoms with van der Waals surface area (Å²) in [5.41, 5.74) is 3.53. The molecule has 2 aromatic rings. The predicted octanol–water partition coefficient (Wildman–Crippen LogP) is 4.33. The van der Waals surface area contributed by atoms with Gasteiger partial charge in [-0.05, 0) is 52.2 Å². The molecule has 126 valence electrons. The summed E-state index contributed by atoms with van der Waals surface area (Å²) in [6.07, 6.45) is 2.06. The SMILES string of the molecule is CCc1ccc(OCC(=O)N/N=C/c2c(F)cccc2Cl)c(Br)c1. The minimum absolute atomic E-state index is 0.110. The van der Waals surface area contributed by atoms with Gasteiger partial charge in [0.25, 0.3) is 5.91 Å². The van der Waals surface area contributed by atoms with Crippen molar-refractivity contribution < 1.29 is 13.9 Å². The number of aryl methyl sites for hydroxylation is 1. The predicted molar refractivity (Wildman–Crippen MR) is 96.2 cm³/mol. The number of carbonyl (C=O) groups excluding carboxylic acids is 1. The molecular formula is C17H15BrClFN2O2. The molecule has 0 fully saturated rings. The molecule has 0 unspecified atom stereocenters. The van der Waals surface area contributed by atoms with Crippen LogP contribution in [0.25, 0.3) is 0 Å². The number of hydrogen-bond donors (Lipinski definition) is 1. The first-order chi connectivity index (χ1) is 11.5. The van der Waals surface area contributed by atoms with Crippen molar-refractivity contribution in [2.24, 2.45) is 5.10 Å². The maximum Gasteiger partial charge on any atom is 0.277 e. The first kappa shape index (κ1) is 18.4. The lowest BCUT2D eigenvalue weighted by molar-refractivity contribution is -0.123. The molecule has 2 aromatic carbocycles. The molecule has 1 amide bonds. The quantitative estimate of drug-likeness (QED) is 0.566. The van der Waals surface area contributed by atoms with E-state index in [1.165, 1.54) is 18.2 Å². The van der Waals surface area contributed by atoms with E-state index in [2.05, 4.69) is 33.4 Å². The number of hydrogen-bond acceptors (Lipinski definition) is 3. The third-order valence-corrected chi connectivity index (χ3v) is 4.10. The molecule has 7 heteroatoms. The van der Waals surface area contributed by atoms with E-state index in [9.17, 15) is 9.18 Å². The van der Waals surface area contributed by atoms with Crippen LogP contribution in [-0.4, -0.2) is 18.7 Å². The van der Waals surface area contributed by atoms with E-state index >= 15 is 0 Å². The number of ether oxygens (including phenoxy) is 1. The van der Waals surface area contributed by atoms with Crippen LogP contribution >= 0.6 is 27.5 Å². The molecule has 0 bridgehead atoms. The van der Waals surface area contributed by atoms with E-state index in [4.69, 9.17) is 16.3 Å². The third-order valence-electron chi connectivity index (χ3n) is 3.15. The van der Waals surface area contributed by atoms with Crippen LogP contribution in [0.5, 0.6) is 5.75 Å².